The first-order chi connectivity index (χ1) is 22.2. The third kappa shape index (κ3) is 9.94. The molecule has 4 aromatic rings. The van der Waals surface area contributed by atoms with E-state index in [1.807, 2.05) is 61.5 Å². The van der Waals surface area contributed by atoms with Crippen LogP contribution in [0.2, 0.25) is 0 Å². The van der Waals surface area contributed by atoms with Crippen molar-refractivity contribution in [2.45, 2.75) is 78.2 Å². The molecule has 9 heteroatoms. The van der Waals surface area contributed by atoms with E-state index < -0.39 is 11.7 Å². The Balaban J connectivity index is 0.00000312. The molecule has 0 radical (unpaired) electrons. The van der Waals surface area contributed by atoms with Crippen molar-refractivity contribution in [3.05, 3.63) is 120 Å². The van der Waals surface area contributed by atoms with Crippen LogP contribution in [-0.4, -0.2) is 30.4 Å². The van der Waals surface area contributed by atoms with Gasteiger partial charge in [-0.1, -0.05) is 82.4 Å². The lowest BCUT2D eigenvalue weighted by Crippen LogP contribution is -2.44. The highest BCUT2D eigenvalue weighted by Crippen LogP contribution is 2.32. The minimum Gasteiger partial charge on any atom is -0.382 e. The molecule has 1 aliphatic rings. The number of alkyl halides is 3. The summed E-state index contributed by atoms with van der Waals surface area (Å²) in [6, 6.07) is 29.1. The van der Waals surface area contributed by atoms with Crippen LogP contribution in [0.3, 0.4) is 0 Å². The normalized spacial score (nSPS) is 16.4. The molecule has 0 saturated heterocycles. The Morgan fingerprint density at radius 1 is 0.750 bits per heavy atom. The molecule has 0 heterocycles. The minimum absolute atomic E-state index is 0. The largest absolute Gasteiger partial charge is 0.416 e. The number of rotatable bonds is 11. The van der Waals surface area contributed by atoms with E-state index in [-0.39, 0.29) is 44.8 Å². The van der Waals surface area contributed by atoms with Crippen molar-refractivity contribution < 1.29 is 22.8 Å². The molecule has 0 spiro atoms. The fraction of sp³-hybridized carbons (Fsp3) is 0.333. The van der Waals surface area contributed by atoms with Crippen molar-refractivity contribution in [2.24, 2.45) is 0 Å². The Hall–Kier alpha value is -4.63. The number of anilines is 2. The molecular formula is C39H47F3N4O2. The van der Waals surface area contributed by atoms with Crippen LogP contribution in [0.4, 0.5) is 24.5 Å². The maximum Gasteiger partial charge on any atom is 0.416 e. The lowest BCUT2D eigenvalue weighted by molar-refractivity contribution is -0.137. The lowest BCUT2D eigenvalue weighted by atomic mass is 9.90. The number of halogens is 3. The van der Waals surface area contributed by atoms with E-state index in [1.165, 1.54) is 12.1 Å². The second kappa shape index (κ2) is 17.5. The Labute approximate surface area is 282 Å². The molecule has 48 heavy (non-hydrogen) atoms. The summed E-state index contributed by atoms with van der Waals surface area (Å²) in [5.41, 5.74) is 3.23. The highest BCUT2D eigenvalue weighted by atomic mass is 19.4. The summed E-state index contributed by atoms with van der Waals surface area (Å²) in [5.74, 6) is -0.345. The number of hydrogen-bond acceptors (Lipinski definition) is 4. The first-order valence-corrected chi connectivity index (χ1v) is 15.7. The van der Waals surface area contributed by atoms with Gasteiger partial charge in [0.15, 0.2) is 0 Å². The zero-order valence-electron chi connectivity index (χ0n) is 25.7. The van der Waals surface area contributed by atoms with Crippen LogP contribution in [0.25, 0.3) is 11.1 Å². The van der Waals surface area contributed by atoms with E-state index in [9.17, 15) is 22.8 Å². The maximum absolute atomic E-state index is 13.2. The number of amides is 2. The molecule has 0 aliphatic heterocycles. The van der Waals surface area contributed by atoms with Crippen molar-refractivity contribution in [2.75, 3.05) is 17.2 Å². The summed E-state index contributed by atoms with van der Waals surface area (Å²) in [7, 11) is 0. The van der Waals surface area contributed by atoms with E-state index in [4.69, 9.17) is 0 Å². The van der Waals surface area contributed by atoms with Crippen LogP contribution in [0.1, 0.15) is 81.4 Å². The van der Waals surface area contributed by atoms with Gasteiger partial charge in [0, 0.05) is 35.6 Å². The molecule has 6 nitrogen and oxygen atoms in total. The van der Waals surface area contributed by atoms with Crippen molar-refractivity contribution >= 4 is 23.2 Å². The van der Waals surface area contributed by atoms with Crippen LogP contribution in [-0.2, 0) is 11.0 Å². The van der Waals surface area contributed by atoms with Crippen molar-refractivity contribution in [1.82, 2.24) is 10.6 Å². The summed E-state index contributed by atoms with van der Waals surface area (Å²) in [6.07, 6.45) is 0.247. The summed E-state index contributed by atoms with van der Waals surface area (Å²) >= 11 is 0. The molecule has 256 valence electrons. The van der Waals surface area contributed by atoms with E-state index in [0.717, 1.165) is 55.5 Å². The molecule has 1 unspecified atom stereocenters. The van der Waals surface area contributed by atoms with Crippen molar-refractivity contribution in [3.63, 3.8) is 0 Å². The van der Waals surface area contributed by atoms with Gasteiger partial charge in [-0.3, -0.25) is 14.9 Å². The Morgan fingerprint density at radius 2 is 1.33 bits per heavy atom. The average molecular weight is 661 g/mol. The Morgan fingerprint density at radius 3 is 1.96 bits per heavy atom. The van der Waals surface area contributed by atoms with E-state index >= 15 is 0 Å². The van der Waals surface area contributed by atoms with Gasteiger partial charge in [0.25, 0.3) is 5.91 Å². The van der Waals surface area contributed by atoms with Gasteiger partial charge in [-0.05, 0) is 91.3 Å². The minimum atomic E-state index is -4.42. The van der Waals surface area contributed by atoms with Gasteiger partial charge in [-0.2, -0.15) is 13.2 Å². The second-order valence-corrected chi connectivity index (χ2v) is 11.6. The highest BCUT2D eigenvalue weighted by Gasteiger charge is 2.30. The van der Waals surface area contributed by atoms with Gasteiger partial charge in [-0.15, -0.1) is 0 Å². The second-order valence-electron chi connectivity index (χ2n) is 11.6. The molecule has 4 N–H and O–H groups in total. The predicted octanol–water partition coefficient (Wildman–Crippen LogP) is 9.48. The molecule has 1 saturated carbocycles. The smallest absolute Gasteiger partial charge is 0.382 e. The topological polar surface area (TPSA) is 82.3 Å². The van der Waals surface area contributed by atoms with Crippen LogP contribution in [0.15, 0.2) is 103 Å². The summed E-state index contributed by atoms with van der Waals surface area (Å²) in [5, 5.41) is 13.1. The standard InChI is InChI=1S/C37H39F3N4O2.2CH4/c1-2-24-41-36(46)34(26-8-4-3-5-9-26)43-30-20-16-28(17-21-30)42-29-18-22-31(23-19-29)44-35(45)33-11-7-6-10-32(33)25-12-14-27(15-13-25)37(38,39)40;;/h3-15,18-19,22-23,28,30,34,42-43H,2,16-17,20-21,24H2,1H3,(H,41,46)(H,44,45);2*1H4. The van der Waals surface area contributed by atoms with Crippen LogP contribution in [0, 0.1) is 0 Å². The third-order valence-corrected chi connectivity index (χ3v) is 8.28. The molecule has 0 bridgehead atoms. The number of carbonyl (C=O) groups excluding carboxylic acids is 2. The first-order valence-electron chi connectivity index (χ1n) is 15.7. The van der Waals surface area contributed by atoms with E-state index in [0.29, 0.717) is 28.9 Å². The van der Waals surface area contributed by atoms with Gasteiger partial charge in [-0.25, -0.2) is 0 Å². The average Bonchev–Trinajstić information content (AvgIpc) is 3.07. The SMILES string of the molecule is C.C.CCCNC(=O)C(NC1CCC(Nc2ccc(NC(=O)c3ccccc3-c3ccc(C(F)(F)F)cc3)cc2)CC1)c1ccccc1. The van der Waals surface area contributed by atoms with Crippen LogP contribution in [0.5, 0.6) is 0 Å². The summed E-state index contributed by atoms with van der Waals surface area (Å²) in [6.45, 7) is 2.69. The van der Waals surface area contributed by atoms with E-state index in [2.05, 4.69) is 21.3 Å². The fourth-order valence-corrected chi connectivity index (χ4v) is 5.81. The fourth-order valence-electron chi connectivity index (χ4n) is 5.81. The first kappa shape index (κ1) is 37.8. The Bertz CT molecular complexity index is 1580. The molecule has 1 fully saturated rings. The summed E-state index contributed by atoms with van der Waals surface area (Å²) in [4.78, 5) is 26.1. The Kier molecular flexibility index (Phi) is 13.8. The maximum atomic E-state index is 13.2. The number of benzene rings is 4. The molecule has 4 aromatic carbocycles. The van der Waals surface area contributed by atoms with Gasteiger partial charge in [0.2, 0.25) is 5.91 Å². The van der Waals surface area contributed by atoms with Crippen molar-refractivity contribution in [3.8, 4) is 11.1 Å². The molecule has 1 aliphatic carbocycles. The van der Waals surface area contributed by atoms with E-state index in [1.54, 1.807) is 24.3 Å². The zero-order chi connectivity index (χ0) is 32.5. The molecule has 5 rings (SSSR count). The monoisotopic (exact) mass is 660 g/mol. The van der Waals surface area contributed by atoms with Crippen LogP contribution < -0.4 is 21.3 Å². The summed E-state index contributed by atoms with van der Waals surface area (Å²) < 4.78 is 39.0. The predicted molar refractivity (Wildman–Crippen MR) is 190 cm³/mol. The molecule has 1 atom stereocenters. The number of hydrogen-bond donors (Lipinski definition) is 4. The number of carbonyl (C=O) groups is 2. The quantitative estimate of drug-likeness (QED) is 0.129. The number of nitrogens with one attached hydrogen (secondary N) is 4. The lowest BCUT2D eigenvalue weighted by Gasteiger charge is -2.33. The van der Waals surface area contributed by atoms with Gasteiger partial charge < -0.3 is 16.0 Å². The van der Waals surface area contributed by atoms with Crippen LogP contribution >= 0.6 is 0 Å². The van der Waals surface area contributed by atoms with Gasteiger partial charge in [0.05, 0.1) is 5.56 Å². The van der Waals surface area contributed by atoms with Gasteiger partial charge >= 0.3 is 6.18 Å². The van der Waals surface area contributed by atoms with Crippen molar-refractivity contribution in [1.29, 1.82) is 0 Å². The third-order valence-electron chi connectivity index (χ3n) is 8.28. The van der Waals surface area contributed by atoms with Gasteiger partial charge in [0.1, 0.15) is 6.04 Å². The molecular weight excluding hydrogens is 613 g/mol. The zero-order valence-corrected chi connectivity index (χ0v) is 25.7. The molecule has 0 aromatic heterocycles. The molecule has 2 amide bonds. The highest BCUT2D eigenvalue weighted by molar-refractivity contribution is 6.08.